The molecule has 0 bridgehead atoms. The van der Waals surface area contributed by atoms with E-state index in [0.29, 0.717) is 0 Å². The quantitative estimate of drug-likeness (QED) is 0.597. The van der Waals surface area contributed by atoms with Crippen molar-refractivity contribution >= 4 is 0 Å². The van der Waals surface area contributed by atoms with E-state index in [1.54, 1.807) is 12.5 Å². The fraction of sp³-hybridized carbons (Fsp3) is 0.500. The maximum Gasteiger partial charge on any atom is 0.128 e. The Balaban J connectivity index is 2.34. The van der Waals surface area contributed by atoms with Crippen molar-refractivity contribution in [3.63, 3.8) is 0 Å². The third-order valence-electron chi connectivity index (χ3n) is 1.80. The lowest BCUT2D eigenvalue weighted by atomic mass is 10.1. The minimum Gasteiger partial charge on any atom is -0.364 e. The molecule has 0 aliphatic heterocycles. The molecule has 2 rings (SSSR count). The van der Waals surface area contributed by atoms with E-state index in [1.165, 1.54) is 0 Å². The maximum atomic E-state index is 5.81. The van der Waals surface area contributed by atoms with Gasteiger partial charge in [0.05, 0.1) is 6.20 Å². The third kappa shape index (κ3) is 0.650. The summed E-state index contributed by atoms with van der Waals surface area (Å²) in [5.41, 5.74) is 6.76. The van der Waals surface area contributed by atoms with Crippen LogP contribution in [0.5, 0.6) is 0 Å². The minimum absolute atomic E-state index is 0.0833. The first kappa shape index (κ1) is 4.99. The summed E-state index contributed by atoms with van der Waals surface area (Å²) in [5.74, 6) is 0. The van der Waals surface area contributed by atoms with Gasteiger partial charge in [-0.3, -0.25) is 0 Å². The average molecular weight is 124 g/mol. The summed E-state index contributed by atoms with van der Waals surface area (Å²) in [7, 11) is 0. The zero-order chi connectivity index (χ0) is 6.32. The van der Waals surface area contributed by atoms with Crippen LogP contribution in [0, 0.1) is 0 Å². The second-order valence-corrected chi connectivity index (χ2v) is 2.57. The van der Waals surface area contributed by atoms with E-state index in [0.717, 1.165) is 18.4 Å². The first-order valence-corrected chi connectivity index (χ1v) is 3.00. The second kappa shape index (κ2) is 1.36. The predicted molar refractivity (Wildman–Crippen MR) is 31.6 cm³/mol. The molecular formula is C6H8N2O. The average Bonchev–Trinajstić information content (AvgIpc) is 2.46. The van der Waals surface area contributed by atoms with Crippen LogP contribution in [-0.2, 0) is 5.54 Å². The molecule has 2 N–H and O–H groups in total. The molecule has 9 heavy (non-hydrogen) atoms. The van der Waals surface area contributed by atoms with Crippen molar-refractivity contribution in [2.24, 2.45) is 5.73 Å². The number of hydrogen-bond donors (Lipinski definition) is 1. The van der Waals surface area contributed by atoms with Gasteiger partial charge in [-0.15, -0.1) is 0 Å². The molecule has 48 valence electrons. The lowest BCUT2D eigenvalue weighted by Gasteiger charge is -1.99. The van der Waals surface area contributed by atoms with Gasteiger partial charge in [0, 0.05) is 11.1 Å². The van der Waals surface area contributed by atoms with Crippen LogP contribution in [0.2, 0.25) is 0 Å². The van der Waals surface area contributed by atoms with Crippen molar-refractivity contribution in [1.29, 1.82) is 0 Å². The summed E-state index contributed by atoms with van der Waals surface area (Å²) in [4.78, 5) is 0. The highest BCUT2D eigenvalue weighted by atomic mass is 16.5. The van der Waals surface area contributed by atoms with Gasteiger partial charge in [0.15, 0.2) is 0 Å². The van der Waals surface area contributed by atoms with Gasteiger partial charge in [0.25, 0.3) is 0 Å². The molecule has 3 heteroatoms. The molecule has 1 heterocycles. The molecule has 0 unspecified atom stereocenters. The van der Waals surface area contributed by atoms with E-state index in [4.69, 9.17) is 5.73 Å². The fourth-order valence-electron chi connectivity index (χ4n) is 0.874. The lowest BCUT2D eigenvalue weighted by Crippen LogP contribution is -2.17. The molecule has 0 aromatic carbocycles. The molecule has 3 nitrogen and oxygen atoms in total. The zero-order valence-corrected chi connectivity index (χ0v) is 5.00. The van der Waals surface area contributed by atoms with Crippen molar-refractivity contribution < 1.29 is 4.52 Å². The van der Waals surface area contributed by atoms with Gasteiger partial charge in [-0.05, 0) is 12.8 Å². The second-order valence-electron chi connectivity index (χ2n) is 2.57. The molecule has 0 radical (unpaired) electrons. The molecule has 0 amide bonds. The summed E-state index contributed by atoms with van der Waals surface area (Å²) >= 11 is 0. The van der Waals surface area contributed by atoms with Crippen LogP contribution >= 0.6 is 0 Å². The Morgan fingerprint density at radius 1 is 1.67 bits per heavy atom. The Morgan fingerprint density at radius 2 is 2.44 bits per heavy atom. The van der Waals surface area contributed by atoms with Crippen molar-refractivity contribution in [3.8, 4) is 0 Å². The lowest BCUT2D eigenvalue weighted by molar-refractivity contribution is 0.418. The summed E-state index contributed by atoms with van der Waals surface area (Å²) in [5, 5.41) is 3.57. The molecule has 0 atom stereocenters. The topological polar surface area (TPSA) is 52.0 Å². The highest BCUT2D eigenvalue weighted by Gasteiger charge is 2.41. The van der Waals surface area contributed by atoms with Crippen molar-refractivity contribution in [3.05, 3.63) is 18.0 Å². The monoisotopic (exact) mass is 124 g/mol. The molecule has 0 spiro atoms. The van der Waals surface area contributed by atoms with Gasteiger partial charge in [0.1, 0.15) is 6.26 Å². The number of aromatic nitrogens is 1. The zero-order valence-electron chi connectivity index (χ0n) is 5.00. The number of hydrogen-bond acceptors (Lipinski definition) is 3. The van der Waals surface area contributed by atoms with E-state index in [2.05, 4.69) is 9.68 Å². The van der Waals surface area contributed by atoms with E-state index >= 15 is 0 Å². The molecule has 1 aromatic heterocycles. The van der Waals surface area contributed by atoms with E-state index < -0.39 is 0 Å². The summed E-state index contributed by atoms with van der Waals surface area (Å²) in [6, 6.07) is 0. The van der Waals surface area contributed by atoms with E-state index in [1.807, 2.05) is 0 Å². The predicted octanol–water partition coefficient (Wildman–Crippen LogP) is 0.622. The first-order valence-electron chi connectivity index (χ1n) is 3.00. The molecule has 1 aliphatic carbocycles. The van der Waals surface area contributed by atoms with Crippen molar-refractivity contribution in [2.75, 3.05) is 0 Å². The fourth-order valence-corrected chi connectivity index (χ4v) is 0.874. The van der Waals surface area contributed by atoms with Gasteiger partial charge < -0.3 is 10.3 Å². The minimum atomic E-state index is -0.0833. The van der Waals surface area contributed by atoms with Crippen LogP contribution in [0.15, 0.2) is 17.0 Å². The van der Waals surface area contributed by atoms with Gasteiger partial charge in [-0.25, -0.2) is 0 Å². The Labute approximate surface area is 52.8 Å². The highest BCUT2D eigenvalue weighted by Crippen LogP contribution is 2.42. The standard InChI is InChI=1S/C6H8N2O/c7-6(1-2-6)5-3-8-9-4-5/h3-4H,1-2,7H2. The van der Waals surface area contributed by atoms with Crippen LogP contribution in [-0.4, -0.2) is 5.16 Å². The number of nitrogens with two attached hydrogens (primary N) is 1. The molecular weight excluding hydrogens is 116 g/mol. The van der Waals surface area contributed by atoms with Crippen LogP contribution in [0.25, 0.3) is 0 Å². The van der Waals surface area contributed by atoms with E-state index in [-0.39, 0.29) is 5.54 Å². The van der Waals surface area contributed by atoms with Gasteiger partial charge in [-0.1, -0.05) is 5.16 Å². The Bertz CT molecular complexity index is 201. The molecule has 1 aliphatic rings. The summed E-state index contributed by atoms with van der Waals surface area (Å²) in [6.07, 6.45) is 5.43. The summed E-state index contributed by atoms with van der Waals surface area (Å²) in [6.45, 7) is 0. The van der Waals surface area contributed by atoms with Gasteiger partial charge >= 0.3 is 0 Å². The Hall–Kier alpha value is -0.830. The van der Waals surface area contributed by atoms with Crippen LogP contribution in [0.3, 0.4) is 0 Å². The molecule has 1 fully saturated rings. The highest BCUT2D eigenvalue weighted by molar-refractivity contribution is 5.22. The number of nitrogens with zero attached hydrogens (tertiary/aromatic N) is 1. The first-order chi connectivity index (χ1) is 4.31. The van der Waals surface area contributed by atoms with Gasteiger partial charge in [0.2, 0.25) is 0 Å². The Kier molecular flexibility index (Phi) is 0.754. The molecule has 1 saturated carbocycles. The number of rotatable bonds is 1. The largest absolute Gasteiger partial charge is 0.364 e. The smallest absolute Gasteiger partial charge is 0.128 e. The van der Waals surface area contributed by atoms with Crippen LogP contribution in [0.1, 0.15) is 18.4 Å². The third-order valence-corrected chi connectivity index (χ3v) is 1.80. The molecule has 0 saturated heterocycles. The van der Waals surface area contributed by atoms with Crippen molar-refractivity contribution in [1.82, 2.24) is 5.16 Å². The Morgan fingerprint density at radius 3 is 2.89 bits per heavy atom. The summed E-state index contributed by atoms with van der Waals surface area (Å²) < 4.78 is 4.65. The SMILES string of the molecule is NC1(c2cnoc2)CC1. The van der Waals surface area contributed by atoms with Crippen LogP contribution < -0.4 is 5.73 Å². The maximum absolute atomic E-state index is 5.81. The van der Waals surface area contributed by atoms with Crippen LogP contribution in [0.4, 0.5) is 0 Å². The van der Waals surface area contributed by atoms with E-state index in [9.17, 15) is 0 Å². The van der Waals surface area contributed by atoms with Crippen molar-refractivity contribution in [2.45, 2.75) is 18.4 Å². The molecule has 1 aromatic rings. The normalized spacial score (nSPS) is 21.9. The van der Waals surface area contributed by atoms with Gasteiger partial charge in [-0.2, -0.15) is 0 Å².